The lowest BCUT2D eigenvalue weighted by Gasteiger charge is -2.35. The van der Waals surface area contributed by atoms with Crippen LogP contribution in [0, 0.1) is 0 Å². The van der Waals surface area contributed by atoms with E-state index >= 15 is 0 Å². The largest absolute Gasteiger partial charge is 0.495 e. The molecular formula is C15H22N2O3. The Hall–Kier alpha value is -1.59. The first-order valence-electron chi connectivity index (χ1n) is 6.99. The van der Waals surface area contributed by atoms with Crippen LogP contribution in [0.3, 0.4) is 0 Å². The number of anilines is 1. The van der Waals surface area contributed by atoms with Crippen molar-refractivity contribution in [3.8, 4) is 5.75 Å². The van der Waals surface area contributed by atoms with E-state index in [9.17, 15) is 9.90 Å². The molecule has 5 nitrogen and oxygen atoms in total. The molecule has 0 bridgehead atoms. The number of methoxy groups -OCH3 is 1. The van der Waals surface area contributed by atoms with Gasteiger partial charge in [-0.05, 0) is 18.6 Å². The van der Waals surface area contributed by atoms with Gasteiger partial charge in [0, 0.05) is 19.6 Å². The van der Waals surface area contributed by atoms with Crippen LogP contribution in [-0.2, 0) is 4.79 Å². The highest BCUT2D eigenvalue weighted by Crippen LogP contribution is 2.28. The van der Waals surface area contributed by atoms with Crippen molar-refractivity contribution in [3.63, 3.8) is 0 Å². The minimum atomic E-state index is -0.361. The maximum atomic E-state index is 12.3. The number of para-hydroxylation sites is 2. The molecular weight excluding hydrogens is 256 g/mol. The molecule has 0 aliphatic carbocycles. The van der Waals surface area contributed by atoms with Crippen molar-refractivity contribution < 1.29 is 14.6 Å². The number of nitrogens with zero attached hydrogens (tertiary/aromatic N) is 2. The molecule has 2 rings (SSSR count). The lowest BCUT2D eigenvalue weighted by atomic mass is 10.2. The van der Waals surface area contributed by atoms with Gasteiger partial charge in [-0.25, -0.2) is 0 Å². The average molecular weight is 278 g/mol. The molecule has 1 N–H and O–H groups in total. The minimum absolute atomic E-state index is 0.0454. The molecule has 1 aromatic carbocycles. The van der Waals surface area contributed by atoms with Gasteiger partial charge in [-0.3, -0.25) is 9.69 Å². The number of carbonyl (C=O) groups is 1. The summed E-state index contributed by atoms with van der Waals surface area (Å²) in [6, 6.07) is 7.54. The summed E-state index contributed by atoms with van der Waals surface area (Å²) in [5, 5.41) is 9.67. The van der Waals surface area contributed by atoms with Crippen LogP contribution >= 0.6 is 0 Å². The number of hydrogen-bond donors (Lipinski definition) is 1. The van der Waals surface area contributed by atoms with E-state index in [0.717, 1.165) is 12.2 Å². The topological polar surface area (TPSA) is 53.0 Å². The monoisotopic (exact) mass is 278 g/mol. The van der Waals surface area contributed by atoms with Crippen LogP contribution in [0.4, 0.5) is 5.69 Å². The predicted octanol–water partition coefficient (Wildman–Crippen LogP) is 1.11. The molecule has 20 heavy (non-hydrogen) atoms. The summed E-state index contributed by atoms with van der Waals surface area (Å²) in [6.45, 7) is 4.23. The smallest absolute Gasteiger partial charge is 0.241 e. The van der Waals surface area contributed by atoms with E-state index in [1.165, 1.54) is 0 Å². The maximum Gasteiger partial charge on any atom is 0.241 e. The summed E-state index contributed by atoms with van der Waals surface area (Å²) < 4.78 is 5.31. The molecule has 1 amide bonds. The van der Waals surface area contributed by atoms with Crippen LogP contribution in [0.1, 0.15) is 13.3 Å². The predicted molar refractivity (Wildman–Crippen MR) is 78.1 cm³/mol. The molecule has 0 saturated carbocycles. The molecule has 1 unspecified atom stereocenters. The Kier molecular flexibility index (Phi) is 4.98. The van der Waals surface area contributed by atoms with Crippen molar-refractivity contribution in [2.24, 2.45) is 0 Å². The first-order chi connectivity index (χ1) is 9.65. The van der Waals surface area contributed by atoms with Gasteiger partial charge in [-0.15, -0.1) is 0 Å². The molecule has 1 aliphatic rings. The van der Waals surface area contributed by atoms with Gasteiger partial charge in [0.2, 0.25) is 5.91 Å². The lowest BCUT2D eigenvalue weighted by molar-refractivity contribution is -0.121. The fourth-order valence-corrected chi connectivity index (χ4v) is 2.41. The number of piperazine rings is 1. The number of rotatable bonds is 5. The Bertz CT molecular complexity index is 464. The van der Waals surface area contributed by atoms with Crippen LogP contribution < -0.4 is 9.64 Å². The summed E-state index contributed by atoms with van der Waals surface area (Å²) in [4.78, 5) is 16.1. The zero-order chi connectivity index (χ0) is 14.5. The van der Waals surface area contributed by atoms with Crippen molar-refractivity contribution in [2.45, 2.75) is 19.4 Å². The number of aliphatic hydroxyl groups excluding tert-OH is 1. The second kappa shape index (κ2) is 6.72. The van der Waals surface area contributed by atoms with E-state index in [1.54, 1.807) is 12.0 Å². The highest BCUT2D eigenvalue weighted by Gasteiger charge is 2.27. The van der Waals surface area contributed by atoms with Crippen LogP contribution in [0.15, 0.2) is 24.3 Å². The number of hydrogen-bond acceptors (Lipinski definition) is 4. The van der Waals surface area contributed by atoms with E-state index < -0.39 is 0 Å². The maximum absolute atomic E-state index is 12.3. The van der Waals surface area contributed by atoms with E-state index in [1.807, 2.05) is 36.1 Å². The number of benzene rings is 1. The Morgan fingerprint density at radius 1 is 1.35 bits per heavy atom. The molecule has 1 aromatic rings. The van der Waals surface area contributed by atoms with E-state index in [4.69, 9.17) is 4.74 Å². The molecule has 1 atom stereocenters. The molecule has 0 radical (unpaired) electrons. The first kappa shape index (κ1) is 14.8. The molecule has 0 aromatic heterocycles. The van der Waals surface area contributed by atoms with Crippen LogP contribution in [0.5, 0.6) is 5.75 Å². The van der Waals surface area contributed by atoms with Crippen molar-refractivity contribution >= 4 is 11.6 Å². The molecule has 1 fully saturated rings. The number of ether oxygens (including phenoxy) is 1. The lowest BCUT2D eigenvalue weighted by Crippen LogP contribution is -2.52. The normalized spacial score (nSPS) is 18.1. The third-order valence-corrected chi connectivity index (χ3v) is 3.62. The summed E-state index contributed by atoms with van der Waals surface area (Å²) in [7, 11) is 1.61. The Morgan fingerprint density at radius 3 is 2.75 bits per heavy atom. The van der Waals surface area contributed by atoms with Crippen LogP contribution in [0.25, 0.3) is 0 Å². The number of carbonyl (C=O) groups excluding carboxylic acids is 1. The number of aliphatic hydroxyl groups is 1. The van der Waals surface area contributed by atoms with Gasteiger partial charge < -0.3 is 14.7 Å². The molecule has 0 spiro atoms. The van der Waals surface area contributed by atoms with E-state index in [-0.39, 0.29) is 12.0 Å². The third kappa shape index (κ3) is 3.29. The molecule has 1 aliphatic heterocycles. The Labute approximate surface area is 119 Å². The zero-order valence-corrected chi connectivity index (χ0v) is 12.1. The summed E-state index contributed by atoms with van der Waals surface area (Å²) >= 11 is 0. The first-order valence-corrected chi connectivity index (χ1v) is 6.99. The standard InChI is InChI=1S/C15H22N2O3/c1-3-12(18)10-16-8-9-17(15(19)11-16)13-6-4-5-7-14(13)20-2/h4-7,12,18H,3,8-11H2,1-2H3. The zero-order valence-electron chi connectivity index (χ0n) is 12.1. The van der Waals surface area contributed by atoms with Gasteiger partial charge in [0.05, 0.1) is 25.4 Å². The summed E-state index contributed by atoms with van der Waals surface area (Å²) in [5.74, 6) is 0.756. The van der Waals surface area contributed by atoms with Crippen molar-refractivity contribution in [2.75, 3.05) is 38.2 Å². The molecule has 1 saturated heterocycles. The quantitative estimate of drug-likeness (QED) is 0.877. The molecule has 110 valence electrons. The number of β-amino-alcohol motifs (C(OH)–C–C–N with tert-alkyl or cyclic N) is 1. The second-order valence-electron chi connectivity index (χ2n) is 5.01. The average Bonchev–Trinajstić information content (AvgIpc) is 2.47. The molecule has 5 heteroatoms. The molecule has 1 heterocycles. The van der Waals surface area contributed by atoms with E-state index in [2.05, 4.69) is 0 Å². The highest BCUT2D eigenvalue weighted by molar-refractivity contribution is 5.96. The fraction of sp³-hybridized carbons (Fsp3) is 0.533. The number of amides is 1. The van der Waals surface area contributed by atoms with Crippen molar-refractivity contribution in [3.05, 3.63) is 24.3 Å². The summed E-state index contributed by atoms with van der Waals surface area (Å²) in [6.07, 6.45) is 0.349. The van der Waals surface area contributed by atoms with Crippen molar-refractivity contribution in [1.82, 2.24) is 4.90 Å². The summed E-state index contributed by atoms with van der Waals surface area (Å²) in [5.41, 5.74) is 0.815. The minimum Gasteiger partial charge on any atom is -0.495 e. The Balaban J connectivity index is 2.05. The van der Waals surface area contributed by atoms with E-state index in [0.29, 0.717) is 31.8 Å². The Morgan fingerprint density at radius 2 is 2.10 bits per heavy atom. The second-order valence-corrected chi connectivity index (χ2v) is 5.01. The third-order valence-electron chi connectivity index (χ3n) is 3.62. The van der Waals surface area contributed by atoms with Crippen LogP contribution in [0.2, 0.25) is 0 Å². The SMILES string of the molecule is CCC(O)CN1CCN(c2ccccc2OC)C(=O)C1. The van der Waals surface area contributed by atoms with Crippen LogP contribution in [-0.4, -0.2) is 55.3 Å². The van der Waals surface area contributed by atoms with Gasteiger partial charge in [0.1, 0.15) is 5.75 Å². The van der Waals surface area contributed by atoms with Gasteiger partial charge >= 0.3 is 0 Å². The van der Waals surface area contributed by atoms with Gasteiger partial charge in [0.25, 0.3) is 0 Å². The van der Waals surface area contributed by atoms with Gasteiger partial charge in [0.15, 0.2) is 0 Å². The highest BCUT2D eigenvalue weighted by atomic mass is 16.5. The van der Waals surface area contributed by atoms with Crippen molar-refractivity contribution in [1.29, 1.82) is 0 Å². The fourth-order valence-electron chi connectivity index (χ4n) is 2.41. The van der Waals surface area contributed by atoms with Gasteiger partial charge in [-0.2, -0.15) is 0 Å². The van der Waals surface area contributed by atoms with Gasteiger partial charge in [-0.1, -0.05) is 19.1 Å².